The van der Waals surface area contributed by atoms with Gasteiger partial charge in [0.05, 0.1) is 56.7 Å². The highest BCUT2D eigenvalue weighted by atomic mass is 15.0. The van der Waals surface area contributed by atoms with Crippen molar-refractivity contribution in [1.82, 2.24) is 9.13 Å². The lowest BCUT2D eigenvalue weighted by Crippen LogP contribution is -2.03. The van der Waals surface area contributed by atoms with Crippen molar-refractivity contribution in [1.29, 1.82) is 10.5 Å². The van der Waals surface area contributed by atoms with Crippen LogP contribution in [0.2, 0.25) is 0 Å². The Hall–Kier alpha value is -8.44. The molecule has 4 nitrogen and oxygen atoms in total. The quantitative estimate of drug-likeness (QED) is 0.168. The number of hydrogen-bond donors (Lipinski definition) is 0. The summed E-state index contributed by atoms with van der Waals surface area (Å²) in [6.45, 7) is 6.34. The first-order valence-electron chi connectivity index (χ1n) is 21.3. The van der Waals surface area contributed by atoms with E-state index < -0.39 is 0 Å². The highest BCUT2D eigenvalue weighted by Crippen LogP contribution is 2.44. The number of hydrogen-bond acceptors (Lipinski definition) is 2. The van der Waals surface area contributed by atoms with Crippen molar-refractivity contribution in [3.05, 3.63) is 216 Å². The minimum Gasteiger partial charge on any atom is -0.309 e. The maximum absolute atomic E-state index is 10.4. The Bertz CT molecular complexity index is 3750. The van der Waals surface area contributed by atoms with Gasteiger partial charge in [0.15, 0.2) is 0 Å². The van der Waals surface area contributed by atoms with Crippen LogP contribution < -0.4 is 0 Å². The third kappa shape index (κ3) is 6.28. The molecule has 296 valence electrons. The summed E-state index contributed by atoms with van der Waals surface area (Å²) in [4.78, 5) is 0. The minimum atomic E-state index is 0.586. The molecule has 0 spiro atoms. The molecule has 2 heterocycles. The van der Waals surface area contributed by atoms with Crippen molar-refractivity contribution in [3.63, 3.8) is 0 Å². The van der Waals surface area contributed by atoms with Crippen molar-refractivity contribution in [3.8, 4) is 68.0 Å². The van der Waals surface area contributed by atoms with Crippen LogP contribution in [0.25, 0.3) is 99.5 Å². The van der Waals surface area contributed by atoms with Gasteiger partial charge in [0.2, 0.25) is 0 Å². The summed E-state index contributed by atoms with van der Waals surface area (Å²) in [5, 5.41) is 24.8. The highest BCUT2D eigenvalue weighted by molar-refractivity contribution is 6.13. The van der Waals surface area contributed by atoms with Gasteiger partial charge in [-0.15, -0.1) is 0 Å². The number of benzene rings is 9. The van der Waals surface area contributed by atoms with Crippen LogP contribution in [-0.2, 0) is 0 Å². The van der Waals surface area contributed by atoms with Crippen LogP contribution in [0, 0.1) is 43.4 Å². The molecule has 9 aromatic carbocycles. The van der Waals surface area contributed by atoms with Crippen LogP contribution in [0.1, 0.15) is 27.8 Å². The Labute approximate surface area is 366 Å². The molecule has 11 rings (SSSR count). The Kier molecular flexibility index (Phi) is 8.90. The fourth-order valence-electron chi connectivity index (χ4n) is 9.66. The molecule has 0 N–H and O–H groups in total. The van der Waals surface area contributed by atoms with Crippen LogP contribution in [-0.4, -0.2) is 9.13 Å². The molecule has 0 atom stereocenters. The zero-order valence-electron chi connectivity index (χ0n) is 35.2. The minimum absolute atomic E-state index is 0.586. The molecule has 11 aromatic rings. The van der Waals surface area contributed by atoms with E-state index >= 15 is 0 Å². The van der Waals surface area contributed by atoms with Gasteiger partial charge in [-0.2, -0.15) is 10.5 Å². The van der Waals surface area contributed by atoms with Gasteiger partial charge in [0.25, 0.3) is 0 Å². The first-order chi connectivity index (χ1) is 30.9. The van der Waals surface area contributed by atoms with Gasteiger partial charge < -0.3 is 9.13 Å². The molecule has 0 fully saturated rings. The highest BCUT2D eigenvalue weighted by Gasteiger charge is 2.22. The van der Waals surface area contributed by atoms with Crippen LogP contribution >= 0.6 is 0 Å². The Morgan fingerprint density at radius 1 is 0.333 bits per heavy atom. The lowest BCUT2D eigenvalue weighted by Gasteiger charge is -2.20. The third-order valence-corrected chi connectivity index (χ3v) is 12.6. The standard InChI is InChI=1S/C59H40N4/c1-37-10-8-12-42(28-37)44-21-26-56-52(32-44)48-14-4-6-16-54(48)62(56)58-31-41(36-61)19-24-50(58)51-25-20-46(47-23-18-40(35-60)30-39(47)3)34-59(51)63-55-17-7-5-15-49(55)53-33-45(22-27-57(53)63)43-13-9-11-38(2)29-43/h4-34H,1-3H3. The second-order valence-electron chi connectivity index (χ2n) is 16.6. The monoisotopic (exact) mass is 804 g/mol. The van der Waals surface area contributed by atoms with E-state index in [1.807, 2.05) is 24.3 Å². The lowest BCUT2D eigenvalue weighted by atomic mass is 9.93. The van der Waals surface area contributed by atoms with Gasteiger partial charge in [-0.1, -0.05) is 132 Å². The van der Waals surface area contributed by atoms with Crippen molar-refractivity contribution >= 4 is 43.6 Å². The molecule has 0 aliphatic carbocycles. The van der Waals surface area contributed by atoms with Gasteiger partial charge in [0, 0.05) is 32.7 Å². The second-order valence-corrected chi connectivity index (χ2v) is 16.6. The van der Waals surface area contributed by atoms with E-state index in [-0.39, 0.29) is 0 Å². The number of fused-ring (bicyclic) bond motifs is 6. The zero-order chi connectivity index (χ0) is 42.8. The number of rotatable bonds is 6. The van der Waals surface area contributed by atoms with Crippen molar-refractivity contribution in [2.24, 2.45) is 0 Å². The average molecular weight is 805 g/mol. The Balaban J connectivity index is 1.21. The third-order valence-electron chi connectivity index (χ3n) is 12.6. The maximum atomic E-state index is 10.4. The molecule has 63 heavy (non-hydrogen) atoms. The molecule has 0 saturated heterocycles. The fourth-order valence-corrected chi connectivity index (χ4v) is 9.66. The largest absolute Gasteiger partial charge is 0.309 e. The predicted molar refractivity (Wildman–Crippen MR) is 261 cm³/mol. The van der Waals surface area contributed by atoms with Gasteiger partial charge in [-0.3, -0.25) is 0 Å². The summed E-state index contributed by atoms with van der Waals surface area (Å²) < 4.78 is 4.74. The van der Waals surface area contributed by atoms with Gasteiger partial charge >= 0.3 is 0 Å². The topological polar surface area (TPSA) is 57.4 Å². The summed E-state index contributed by atoms with van der Waals surface area (Å²) in [6.07, 6.45) is 0. The maximum Gasteiger partial charge on any atom is 0.0992 e. The fraction of sp³-hybridized carbons (Fsp3) is 0.0508. The number of nitrogens with zero attached hydrogens (tertiary/aromatic N) is 4. The number of aryl methyl sites for hydroxylation is 3. The van der Waals surface area contributed by atoms with E-state index in [4.69, 9.17) is 0 Å². The summed E-state index contributed by atoms with van der Waals surface area (Å²) in [5.41, 5.74) is 19.8. The SMILES string of the molecule is Cc1cccc(-c2ccc3c(c2)c2ccccc2n3-c2cc(C#N)ccc2-c2ccc(-c3ccc(C#N)cc3C)cc2-n2c3ccccc3c3cc(-c4cccc(C)c4)ccc32)c1. The molecule has 0 amide bonds. The second kappa shape index (κ2) is 14.9. The summed E-state index contributed by atoms with van der Waals surface area (Å²) in [7, 11) is 0. The van der Waals surface area contributed by atoms with Crippen LogP contribution in [0.5, 0.6) is 0 Å². The lowest BCUT2D eigenvalue weighted by molar-refractivity contribution is 1.16. The molecule has 4 heteroatoms. The van der Waals surface area contributed by atoms with E-state index in [2.05, 4.69) is 206 Å². The summed E-state index contributed by atoms with van der Waals surface area (Å²) >= 11 is 0. The molecule has 0 saturated carbocycles. The molecular formula is C59H40N4. The van der Waals surface area contributed by atoms with E-state index in [1.54, 1.807) is 0 Å². The van der Waals surface area contributed by atoms with Crippen molar-refractivity contribution in [2.75, 3.05) is 0 Å². The average Bonchev–Trinajstić information content (AvgIpc) is 3.83. The predicted octanol–water partition coefficient (Wildman–Crippen LogP) is 15.2. The van der Waals surface area contributed by atoms with Gasteiger partial charge in [0.1, 0.15) is 0 Å². The zero-order valence-corrected chi connectivity index (χ0v) is 35.2. The van der Waals surface area contributed by atoms with E-state index in [0.29, 0.717) is 11.1 Å². The smallest absolute Gasteiger partial charge is 0.0992 e. The van der Waals surface area contributed by atoms with E-state index in [9.17, 15) is 10.5 Å². The van der Waals surface area contributed by atoms with E-state index in [1.165, 1.54) is 38.6 Å². The number of aromatic nitrogens is 2. The summed E-state index contributed by atoms with van der Waals surface area (Å²) in [5.74, 6) is 0. The summed E-state index contributed by atoms with van der Waals surface area (Å²) in [6, 6.07) is 71.6. The molecular weight excluding hydrogens is 765 g/mol. The number of para-hydroxylation sites is 2. The first-order valence-corrected chi connectivity index (χ1v) is 21.3. The Morgan fingerprint density at radius 2 is 0.778 bits per heavy atom. The van der Waals surface area contributed by atoms with Gasteiger partial charge in [-0.25, -0.2) is 0 Å². The normalized spacial score (nSPS) is 11.4. The van der Waals surface area contributed by atoms with Crippen molar-refractivity contribution in [2.45, 2.75) is 20.8 Å². The first kappa shape index (κ1) is 37.6. The van der Waals surface area contributed by atoms with Crippen LogP contribution in [0.15, 0.2) is 188 Å². The van der Waals surface area contributed by atoms with Gasteiger partial charge in [-0.05, 0) is 126 Å². The van der Waals surface area contributed by atoms with Crippen LogP contribution in [0.4, 0.5) is 0 Å². The van der Waals surface area contributed by atoms with E-state index in [0.717, 1.165) is 77.6 Å². The molecule has 0 aliphatic heterocycles. The molecule has 0 aliphatic rings. The number of nitriles is 2. The molecule has 0 unspecified atom stereocenters. The van der Waals surface area contributed by atoms with Crippen LogP contribution in [0.3, 0.4) is 0 Å². The molecule has 2 aromatic heterocycles. The molecule has 0 radical (unpaired) electrons. The molecule has 0 bridgehead atoms. The Morgan fingerprint density at radius 3 is 1.30 bits per heavy atom. The van der Waals surface area contributed by atoms with Crippen molar-refractivity contribution < 1.29 is 0 Å².